The Hall–Kier alpha value is -1.66. The molecule has 2 aliphatic carbocycles. The van der Waals surface area contributed by atoms with Crippen LogP contribution in [-0.2, 0) is 41.5 Å². The molecule has 0 saturated heterocycles. The first-order chi connectivity index (χ1) is 18.9. The van der Waals surface area contributed by atoms with Gasteiger partial charge in [-0.25, -0.2) is 6.07 Å². The molecule has 4 aromatic rings. The third-order valence-electron chi connectivity index (χ3n) is 7.94. The van der Waals surface area contributed by atoms with E-state index in [2.05, 4.69) is 127 Å². The van der Waals surface area contributed by atoms with Gasteiger partial charge in [-0.05, 0) is 28.4 Å². The summed E-state index contributed by atoms with van der Waals surface area (Å²) in [6.45, 7) is 15.7. The summed E-state index contributed by atoms with van der Waals surface area (Å²) in [7, 11) is 0. The van der Waals surface area contributed by atoms with Crippen molar-refractivity contribution in [2.75, 3.05) is 0 Å². The molecular formula is C39H46Cl2Zr-2. The molecule has 4 aromatic carbocycles. The molecular weight excluding hydrogens is 631 g/mol. The quantitative estimate of drug-likeness (QED) is 0.226. The number of rotatable bonds is 1. The van der Waals surface area contributed by atoms with Gasteiger partial charge in [-0.3, -0.25) is 0 Å². The number of aryl methyl sites for hydroxylation is 1. The van der Waals surface area contributed by atoms with E-state index in [4.69, 9.17) is 0 Å². The van der Waals surface area contributed by atoms with Crippen LogP contribution in [0.5, 0.6) is 0 Å². The van der Waals surface area contributed by atoms with Gasteiger partial charge in [0.1, 0.15) is 0 Å². The van der Waals surface area contributed by atoms with Crippen LogP contribution in [0.15, 0.2) is 78.9 Å². The van der Waals surface area contributed by atoms with Gasteiger partial charge in [0.25, 0.3) is 0 Å². The van der Waals surface area contributed by atoms with Crippen LogP contribution < -0.4 is 24.8 Å². The van der Waals surface area contributed by atoms with Crippen LogP contribution in [0.4, 0.5) is 0 Å². The molecule has 1 fully saturated rings. The van der Waals surface area contributed by atoms with Crippen LogP contribution in [0.25, 0.3) is 22.3 Å². The third-order valence-corrected chi connectivity index (χ3v) is 9.17. The molecule has 0 N–H and O–H groups in total. The van der Waals surface area contributed by atoms with Gasteiger partial charge in [-0.1, -0.05) is 108 Å². The molecule has 6 rings (SSSR count). The van der Waals surface area contributed by atoms with Crippen molar-refractivity contribution >= 4 is 3.21 Å². The molecule has 0 spiro atoms. The molecule has 42 heavy (non-hydrogen) atoms. The number of fused-ring (bicyclic) bond motifs is 3. The van der Waals surface area contributed by atoms with E-state index in [1.54, 1.807) is 27.4 Å². The molecule has 0 nitrogen and oxygen atoms in total. The van der Waals surface area contributed by atoms with Crippen molar-refractivity contribution in [3.05, 3.63) is 113 Å². The van der Waals surface area contributed by atoms with E-state index < -0.39 is 0 Å². The third kappa shape index (κ3) is 9.94. The minimum atomic E-state index is 0. The van der Waals surface area contributed by atoms with Crippen LogP contribution in [0.1, 0.15) is 101 Å². The van der Waals surface area contributed by atoms with E-state index in [1.807, 2.05) is 6.07 Å². The Morgan fingerprint density at radius 1 is 0.714 bits per heavy atom. The van der Waals surface area contributed by atoms with Crippen molar-refractivity contribution in [3.63, 3.8) is 0 Å². The van der Waals surface area contributed by atoms with Gasteiger partial charge in [0.05, 0.1) is 0 Å². The first kappa shape index (κ1) is 36.5. The summed E-state index contributed by atoms with van der Waals surface area (Å²) in [5, 5.41) is 0. The van der Waals surface area contributed by atoms with E-state index in [-0.39, 0.29) is 35.6 Å². The Bertz CT molecular complexity index is 1360. The Balaban J connectivity index is 0.000000248. The van der Waals surface area contributed by atoms with E-state index in [1.165, 1.54) is 82.2 Å². The maximum atomic E-state index is 3.67. The van der Waals surface area contributed by atoms with Gasteiger partial charge in [0.2, 0.25) is 0 Å². The summed E-state index contributed by atoms with van der Waals surface area (Å²) >= 11 is 1.69. The summed E-state index contributed by atoms with van der Waals surface area (Å²) in [4.78, 5) is 0. The molecule has 0 aromatic heterocycles. The van der Waals surface area contributed by atoms with Crippen molar-refractivity contribution < 1.29 is 49.0 Å². The number of halogens is 2. The maximum absolute atomic E-state index is 3.67. The molecule has 222 valence electrons. The summed E-state index contributed by atoms with van der Waals surface area (Å²) in [6.07, 6.45) is 8.34. The minimum absolute atomic E-state index is 0. The van der Waals surface area contributed by atoms with E-state index in [9.17, 15) is 0 Å². The topological polar surface area (TPSA) is 0 Å². The Labute approximate surface area is 283 Å². The predicted octanol–water partition coefficient (Wildman–Crippen LogP) is 4.71. The summed E-state index contributed by atoms with van der Waals surface area (Å²) in [5.74, 6) is 0. The number of benzene rings is 3. The average Bonchev–Trinajstić information content (AvgIpc) is 3.52. The normalized spacial score (nSPS) is 13.7. The second-order valence-electron chi connectivity index (χ2n) is 13.5. The zero-order valence-corrected chi connectivity index (χ0v) is 30.5. The molecule has 2 aliphatic rings. The van der Waals surface area contributed by atoms with Crippen molar-refractivity contribution in [1.29, 1.82) is 0 Å². The molecule has 0 radical (unpaired) electrons. The van der Waals surface area contributed by atoms with E-state index in [0.717, 1.165) is 6.42 Å². The van der Waals surface area contributed by atoms with Gasteiger partial charge < -0.3 is 24.8 Å². The zero-order chi connectivity index (χ0) is 28.9. The molecule has 3 heteroatoms. The van der Waals surface area contributed by atoms with Crippen LogP contribution in [-0.4, -0.2) is 3.21 Å². The van der Waals surface area contributed by atoms with E-state index in [0.29, 0.717) is 0 Å². The molecule has 0 aliphatic heterocycles. The standard InChI is InChI=1S/C21H25.C12H11.C6H10.2ClH.Zr/c1-20(2,3)16-7-9-18-14(12-16)11-15-13-17(21(4,5)6)8-10-19(15)18;1-10-7-8-12(9-10)11-5-3-2-4-6-11;1-2-4-6-5-3-1;;;/h7-10,12H,11H2,1-6H3;2-9H,1H3;1-5H2;2*1H;/q2*-1;;;;+2/p-2. The molecule has 0 unspecified atom stereocenters. The Morgan fingerprint density at radius 2 is 1.36 bits per heavy atom. The van der Waals surface area contributed by atoms with Crippen LogP contribution in [0, 0.1) is 13.0 Å². The van der Waals surface area contributed by atoms with Crippen LogP contribution in [0.2, 0.25) is 0 Å². The first-order valence-corrected chi connectivity index (χ1v) is 16.2. The van der Waals surface area contributed by atoms with Crippen molar-refractivity contribution in [1.82, 2.24) is 0 Å². The van der Waals surface area contributed by atoms with Gasteiger partial charge in [0, 0.05) is 0 Å². The number of hydrogen-bond donors (Lipinski definition) is 0. The molecule has 0 atom stereocenters. The van der Waals surface area contributed by atoms with Gasteiger partial charge in [0.15, 0.2) is 0 Å². The fraction of sp³-hybridized carbons (Fsp3) is 0.385. The second-order valence-corrected chi connectivity index (χ2v) is 15.3. The first-order valence-electron chi connectivity index (χ1n) is 15.0. The molecule has 1 saturated carbocycles. The van der Waals surface area contributed by atoms with Crippen LogP contribution >= 0.6 is 0 Å². The average molecular weight is 677 g/mol. The summed E-state index contributed by atoms with van der Waals surface area (Å²) < 4.78 is 1.80. The Kier molecular flexibility index (Phi) is 13.8. The van der Waals surface area contributed by atoms with E-state index >= 15 is 0 Å². The fourth-order valence-electron chi connectivity index (χ4n) is 5.38. The monoisotopic (exact) mass is 674 g/mol. The predicted molar refractivity (Wildman–Crippen MR) is 171 cm³/mol. The van der Waals surface area contributed by atoms with Crippen molar-refractivity contribution in [3.8, 4) is 22.3 Å². The van der Waals surface area contributed by atoms with Crippen LogP contribution in [0.3, 0.4) is 0 Å². The molecule has 0 heterocycles. The van der Waals surface area contributed by atoms with Crippen molar-refractivity contribution in [2.45, 2.75) is 97.8 Å². The summed E-state index contributed by atoms with van der Waals surface area (Å²) in [5.41, 5.74) is 12.6. The summed E-state index contributed by atoms with van der Waals surface area (Å²) in [6, 6.07) is 32.1. The fourth-order valence-corrected chi connectivity index (χ4v) is 6.25. The Morgan fingerprint density at radius 3 is 1.88 bits per heavy atom. The van der Waals surface area contributed by atoms with Crippen molar-refractivity contribution in [2.24, 2.45) is 0 Å². The zero-order valence-electron chi connectivity index (χ0n) is 26.5. The van der Waals surface area contributed by atoms with Gasteiger partial charge >= 0.3 is 59.5 Å². The molecule has 0 amide bonds. The SMILES string of the molecule is CC(C)(C)c1[c-]c2c(cc1)-c1ccc(C(C)(C)C)cc1C2.Cc1cc(-c2ccccc2)c[cH-]1.[Cl-].[Cl-].[Zr+2]=[C]1CCCCC1. The second kappa shape index (κ2) is 15.9. The molecule has 0 bridgehead atoms. The van der Waals surface area contributed by atoms with Gasteiger partial charge in [-0.2, -0.15) is 47.0 Å². The number of hydrogen-bond acceptors (Lipinski definition) is 0. The van der Waals surface area contributed by atoms with Gasteiger partial charge in [-0.15, -0.1) is 11.1 Å².